The van der Waals surface area contributed by atoms with Gasteiger partial charge in [0.15, 0.2) is 0 Å². The first-order valence-corrected chi connectivity index (χ1v) is 4.12. The summed E-state index contributed by atoms with van der Waals surface area (Å²) in [6, 6.07) is 0. The van der Waals surface area contributed by atoms with Gasteiger partial charge >= 0.3 is 0 Å². The minimum Gasteiger partial charge on any atom is -0.354 e. The van der Waals surface area contributed by atoms with Crippen molar-refractivity contribution in [1.29, 1.82) is 0 Å². The molecule has 0 aromatic carbocycles. The van der Waals surface area contributed by atoms with Gasteiger partial charge in [-0.1, -0.05) is 19.3 Å². The van der Waals surface area contributed by atoms with Crippen LogP contribution in [0, 0.1) is 5.41 Å². The molecule has 0 aromatic heterocycles. The molecule has 2 rings (SSSR count). The van der Waals surface area contributed by atoms with Crippen LogP contribution in [0.25, 0.3) is 0 Å². The highest BCUT2D eigenvalue weighted by molar-refractivity contribution is 5.88. The van der Waals surface area contributed by atoms with Crippen LogP contribution >= 0.6 is 0 Å². The van der Waals surface area contributed by atoms with Gasteiger partial charge in [0.05, 0.1) is 5.41 Å². The van der Waals surface area contributed by atoms with E-state index < -0.39 is 0 Å². The van der Waals surface area contributed by atoms with E-state index in [4.69, 9.17) is 0 Å². The van der Waals surface area contributed by atoms with E-state index in [0.29, 0.717) is 5.91 Å². The zero-order valence-electron chi connectivity index (χ0n) is 6.15. The minimum absolute atomic E-state index is 0.109. The molecule has 1 N–H and O–H groups in total. The third-order valence-electron chi connectivity index (χ3n) is 2.88. The summed E-state index contributed by atoms with van der Waals surface area (Å²) in [5.74, 6) is 0.312. The van der Waals surface area contributed by atoms with Gasteiger partial charge in [-0.25, -0.2) is 0 Å². The topological polar surface area (TPSA) is 29.1 Å². The second-order valence-electron chi connectivity index (χ2n) is 3.52. The highest BCUT2D eigenvalue weighted by atomic mass is 16.2. The van der Waals surface area contributed by atoms with Gasteiger partial charge in [-0.15, -0.1) is 0 Å². The maximum Gasteiger partial charge on any atom is 0.228 e. The zero-order chi connectivity index (χ0) is 7.03. The number of hydrogen-bond donors (Lipinski definition) is 1. The lowest BCUT2D eigenvalue weighted by Crippen LogP contribution is -2.59. The molecule has 0 radical (unpaired) electrons. The summed E-state index contributed by atoms with van der Waals surface area (Å²) in [4.78, 5) is 11.1. The molecule has 0 unspecified atom stereocenters. The fraction of sp³-hybridized carbons (Fsp3) is 0.875. The van der Waals surface area contributed by atoms with Gasteiger partial charge in [-0.2, -0.15) is 0 Å². The Morgan fingerprint density at radius 2 is 1.90 bits per heavy atom. The van der Waals surface area contributed by atoms with Crippen LogP contribution in [0.4, 0.5) is 0 Å². The van der Waals surface area contributed by atoms with E-state index in [0.717, 1.165) is 19.4 Å². The molecule has 1 saturated heterocycles. The third kappa shape index (κ3) is 0.678. The van der Waals surface area contributed by atoms with Gasteiger partial charge in [-0.05, 0) is 12.8 Å². The number of amides is 1. The zero-order valence-corrected chi connectivity index (χ0v) is 6.15. The minimum atomic E-state index is 0.109. The van der Waals surface area contributed by atoms with Crippen molar-refractivity contribution >= 4 is 5.91 Å². The fourth-order valence-corrected chi connectivity index (χ4v) is 2.04. The molecule has 0 atom stereocenters. The van der Waals surface area contributed by atoms with E-state index in [1.54, 1.807) is 0 Å². The molecule has 0 bridgehead atoms. The molecule has 1 aliphatic carbocycles. The predicted molar refractivity (Wildman–Crippen MR) is 38.5 cm³/mol. The summed E-state index contributed by atoms with van der Waals surface area (Å²) in [5, 5.41) is 2.83. The average Bonchev–Trinajstić information content (AvgIpc) is 2.04. The normalized spacial score (nSPS) is 29.4. The molecule has 2 heteroatoms. The van der Waals surface area contributed by atoms with Gasteiger partial charge in [0.2, 0.25) is 5.91 Å². The van der Waals surface area contributed by atoms with Crippen LogP contribution in [-0.2, 0) is 4.79 Å². The van der Waals surface area contributed by atoms with E-state index in [1.165, 1.54) is 19.3 Å². The van der Waals surface area contributed by atoms with Crippen LogP contribution in [0.3, 0.4) is 0 Å². The van der Waals surface area contributed by atoms with Crippen molar-refractivity contribution in [1.82, 2.24) is 5.32 Å². The molecule has 1 spiro atoms. The molecule has 2 aliphatic rings. The van der Waals surface area contributed by atoms with Crippen molar-refractivity contribution in [2.24, 2.45) is 5.41 Å². The Labute approximate surface area is 61.0 Å². The summed E-state index contributed by atoms with van der Waals surface area (Å²) >= 11 is 0. The summed E-state index contributed by atoms with van der Waals surface area (Å²) in [6.45, 7) is 0.950. The first-order valence-electron chi connectivity index (χ1n) is 4.12. The first kappa shape index (κ1) is 6.20. The van der Waals surface area contributed by atoms with Crippen LogP contribution in [0.5, 0.6) is 0 Å². The van der Waals surface area contributed by atoms with Crippen molar-refractivity contribution in [2.75, 3.05) is 6.54 Å². The Kier molecular flexibility index (Phi) is 1.22. The maximum atomic E-state index is 11.1. The molecule has 10 heavy (non-hydrogen) atoms. The number of carbonyl (C=O) groups is 1. The lowest BCUT2D eigenvalue weighted by atomic mass is 9.69. The SMILES string of the molecule is O=C1NCC12CCCCC2. The standard InChI is InChI=1S/C8H13NO/c10-7-8(6-9-7)4-2-1-3-5-8/h1-6H2,(H,9,10). The van der Waals surface area contributed by atoms with Crippen LogP contribution in [0.1, 0.15) is 32.1 Å². The van der Waals surface area contributed by atoms with E-state index in [9.17, 15) is 4.79 Å². The summed E-state index contributed by atoms with van der Waals surface area (Å²) in [7, 11) is 0. The summed E-state index contributed by atoms with van der Waals surface area (Å²) < 4.78 is 0. The Hall–Kier alpha value is -0.530. The predicted octanol–water partition coefficient (Wildman–Crippen LogP) is 1.07. The highest BCUT2D eigenvalue weighted by Gasteiger charge is 2.46. The van der Waals surface area contributed by atoms with Crippen LogP contribution in [0.2, 0.25) is 0 Å². The van der Waals surface area contributed by atoms with Gasteiger partial charge < -0.3 is 5.32 Å². The summed E-state index contributed by atoms with van der Waals surface area (Å²) in [6.07, 6.45) is 6.12. The van der Waals surface area contributed by atoms with Gasteiger partial charge in [0.1, 0.15) is 0 Å². The van der Waals surface area contributed by atoms with Crippen molar-refractivity contribution < 1.29 is 4.79 Å². The third-order valence-corrected chi connectivity index (χ3v) is 2.88. The van der Waals surface area contributed by atoms with Crippen molar-refractivity contribution in [3.8, 4) is 0 Å². The van der Waals surface area contributed by atoms with E-state index in [2.05, 4.69) is 5.32 Å². The lowest BCUT2D eigenvalue weighted by molar-refractivity contribution is -0.142. The number of hydrogen-bond acceptors (Lipinski definition) is 1. The lowest BCUT2D eigenvalue weighted by Gasteiger charge is -2.43. The average molecular weight is 139 g/mol. The Morgan fingerprint density at radius 1 is 1.20 bits per heavy atom. The van der Waals surface area contributed by atoms with Crippen molar-refractivity contribution in [3.63, 3.8) is 0 Å². The number of nitrogens with one attached hydrogen (secondary N) is 1. The van der Waals surface area contributed by atoms with Crippen LogP contribution < -0.4 is 5.32 Å². The van der Waals surface area contributed by atoms with Crippen LogP contribution in [0.15, 0.2) is 0 Å². The molecule has 2 fully saturated rings. The first-order chi connectivity index (χ1) is 4.83. The van der Waals surface area contributed by atoms with Gasteiger partial charge in [0.25, 0.3) is 0 Å². The Morgan fingerprint density at radius 3 is 2.20 bits per heavy atom. The molecule has 1 aliphatic heterocycles. The smallest absolute Gasteiger partial charge is 0.228 e. The highest BCUT2D eigenvalue weighted by Crippen LogP contribution is 2.39. The summed E-state index contributed by atoms with van der Waals surface area (Å²) in [5.41, 5.74) is 0.109. The Bertz CT molecular complexity index is 159. The van der Waals surface area contributed by atoms with Crippen molar-refractivity contribution in [3.05, 3.63) is 0 Å². The molecule has 2 nitrogen and oxygen atoms in total. The monoisotopic (exact) mass is 139 g/mol. The quantitative estimate of drug-likeness (QED) is 0.500. The largest absolute Gasteiger partial charge is 0.354 e. The molecule has 0 aromatic rings. The van der Waals surface area contributed by atoms with Gasteiger partial charge in [0, 0.05) is 6.54 Å². The maximum absolute atomic E-state index is 11.1. The Balaban J connectivity index is 2.06. The van der Waals surface area contributed by atoms with E-state index in [1.807, 2.05) is 0 Å². The van der Waals surface area contributed by atoms with E-state index >= 15 is 0 Å². The fourth-order valence-electron chi connectivity index (χ4n) is 2.04. The van der Waals surface area contributed by atoms with Gasteiger partial charge in [-0.3, -0.25) is 4.79 Å². The molecular formula is C8H13NO. The second-order valence-corrected chi connectivity index (χ2v) is 3.52. The second kappa shape index (κ2) is 1.97. The molecule has 1 heterocycles. The molecular weight excluding hydrogens is 126 g/mol. The van der Waals surface area contributed by atoms with Crippen LogP contribution in [-0.4, -0.2) is 12.5 Å². The van der Waals surface area contributed by atoms with E-state index in [-0.39, 0.29) is 5.41 Å². The molecule has 1 amide bonds. The number of β-lactam (4-membered cyclic amide) rings is 1. The number of rotatable bonds is 0. The molecule has 1 saturated carbocycles. The molecule has 56 valence electrons. The number of carbonyl (C=O) groups excluding carboxylic acids is 1. The van der Waals surface area contributed by atoms with Crippen molar-refractivity contribution in [2.45, 2.75) is 32.1 Å².